The van der Waals surface area contributed by atoms with Crippen LogP contribution < -0.4 is 15.5 Å². The van der Waals surface area contributed by atoms with Gasteiger partial charge in [0.15, 0.2) is 5.69 Å². The van der Waals surface area contributed by atoms with E-state index in [-0.39, 0.29) is 39.1 Å². The summed E-state index contributed by atoms with van der Waals surface area (Å²) in [6, 6.07) is 14.1. The molecule has 43 heavy (non-hydrogen) atoms. The molecule has 2 amide bonds. The summed E-state index contributed by atoms with van der Waals surface area (Å²) in [5, 5.41) is 18.8. The average Bonchev–Trinajstić information content (AvgIpc) is 3.31. The van der Waals surface area contributed by atoms with Crippen LogP contribution in [-0.2, 0) is 17.8 Å². The van der Waals surface area contributed by atoms with Gasteiger partial charge in [-0.1, -0.05) is 18.2 Å². The number of carbonyl (C=O) groups excluding carboxylic acids is 2. The Balaban J connectivity index is 1.48. The van der Waals surface area contributed by atoms with Gasteiger partial charge in [-0.2, -0.15) is 18.3 Å². The van der Waals surface area contributed by atoms with Crippen molar-refractivity contribution in [2.24, 2.45) is 0 Å². The number of para-hydroxylation sites is 1. The molecule has 1 fully saturated rings. The van der Waals surface area contributed by atoms with Gasteiger partial charge in [-0.05, 0) is 67.3 Å². The largest absolute Gasteiger partial charge is 0.481 e. The topological polar surface area (TPSA) is 117 Å². The van der Waals surface area contributed by atoms with Crippen molar-refractivity contribution in [3.8, 4) is 0 Å². The summed E-state index contributed by atoms with van der Waals surface area (Å²) >= 11 is 0. The molecule has 2 heterocycles. The minimum Gasteiger partial charge on any atom is -0.481 e. The first kappa shape index (κ1) is 29.5. The van der Waals surface area contributed by atoms with E-state index >= 15 is 0 Å². The maximum absolute atomic E-state index is 13.8. The van der Waals surface area contributed by atoms with Gasteiger partial charge in [0.2, 0.25) is 0 Å². The molecule has 0 aliphatic carbocycles. The lowest BCUT2D eigenvalue weighted by molar-refractivity contribution is -0.142. The van der Waals surface area contributed by atoms with Crippen LogP contribution in [0.5, 0.6) is 0 Å². The smallest absolute Gasteiger partial charge is 0.408 e. The zero-order valence-electron chi connectivity index (χ0n) is 22.7. The van der Waals surface area contributed by atoms with Crippen LogP contribution in [-0.4, -0.2) is 51.9 Å². The highest BCUT2D eigenvalue weighted by Gasteiger charge is 2.31. The Kier molecular flexibility index (Phi) is 8.33. The molecule has 0 saturated carbocycles. The van der Waals surface area contributed by atoms with E-state index in [0.29, 0.717) is 18.8 Å². The van der Waals surface area contributed by atoms with Gasteiger partial charge in [0, 0.05) is 29.7 Å². The Labute approximate surface area is 243 Å². The summed E-state index contributed by atoms with van der Waals surface area (Å²) in [6.45, 7) is 0.0279. The summed E-state index contributed by atoms with van der Waals surface area (Å²) in [6.07, 6.45) is -2.20. The van der Waals surface area contributed by atoms with Gasteiger partial charge >= 0.3 is 12.1 Å². The number of carbonyl (C=O) groups is 3. The number of carboxylic acids is 1. The molecule has 224 valence electrons. The molecule has 1 aromatic heterocycles. The van der Waals surface area contributed by atoms with Crippen molar-refractivity contribution in [1.29, 1.82) is 0 Å². The third kappa shape index (κ3) is 6.93. The molecule has 1 saturated heterocycles. The van der Waals surface area contributed by atoms with E-state index in [1.54, 1.807) is 24.3 Å². The number of aliphatic carboxylic acids is 1. The predicted octanol–water partition coefficient (Wildman–Crippen LogP) is 5.86. The average molecular weight is 598 g/mol. The first-order chi connectivity index (χ1) is 20.5. The third-order valence-corrected chi connectivity index (χ3v) is 7.06. The van der Waals surface area contributed by atoms with E-state index in [2.05, 4.69) is 15.7 Å². The van der Waals surface area contributed by atoms with Crippen molar-refractivity contribution in [2.75, 3.05) is 28.6 Å². The van der Waals surface area contributed by atoms with Crippen molar-refractivity contribution >= 4 is 45.7 Å². The number of rotatable bonds is 8. The molecule has 0 bridgehead atoms. The lowest BCUT2D eigenvalue weighted by Crippen LogP contribution is -2.30. The van der Waals surface area contributed by atoms with Crippen LogP contribution >= 0.6 is 0 Å². The number of amides is 2. The Hall–Kier alpha value is -4.94. The van der Waals surface area contributed by atoms with Crippen molar-refractivity contribution in [1.82, 2.24) is 9.78 Å². The predicted molar refractivity (Wildman–Crippen MR) is 152 cm³/mol. The number of nitrogens with one attached hydrogen (secondary N) is 2. The summed E-state index contributed by atoms with van der Waals surface area (Å²) in [5.41, 5.74) is 1.10. The van der Waals surface area contributed by atoms with E-state index in [1.165, 1.54) is 24.3 Å². The van der Waals surface area contributed by atoms with Gasteiger partial charge in [-0.3, -0.25) is 19.1 Å². The van der Waals surface area contributed by atoms with Crippen LogP contribution in [0.4, 0.5) is 34.6 Å². The second kappa shape index (κ2) is 12.1. The lowest BCUT2D eigenvalue weighted by atomic mass is 10.1. The van der Waals surface area contributed by atoms with E-state index in [1.807, 2.05) is 4.90 Å². The second-order valence-electron chi connectivity index (χ2n) is 10.2. The van der Waals surface area contributed by atoms with Crippen LogP contribution in [0.15, 0.2) is 60.7 Å². The minimum absolute atomic E-state index is 0.0700. The third-order valence-electron chi connectivity index (χ3n) is 7.06. The number of halogens is 4. The fourth-order valence-electron chi connectivity index (χ4n) is 5.14. The van der Waals surface area contributed by atoms with E-state index in [0.717, 1.165) is 36.1 Å². The van der Waals surface area contributed by atoms with Crippen molar-refractivity contribution in [2.45, 2.75) is 38.4 Å². The molecule has 0 unspecified atom stereocenters. The molecule has 3 N–H and O–H groups in total. The standard InChI is InChI=1S/C30H27F4N5O4/c31-20-9-10-22(19(14-20)16-26(40)41)35-28(42)18-8-11-25(38-12-4-1-5-13-38)23(15-18)36-29(43)27-21-6-2-3-7-24(21)39(37-27)17-30(32,33)34/h2-3,6-11,14-15H,1,4-5,12-13,16-17H2,(H,35,42)(H,36,43)(H,40,41). The summed E-state index contributed by atoms with van der Waals surface area (Å²) in [5.74, 6) is -3.26. The van der Waals surface area contributed by atoms with Gasteiger partial charge in [-0.15, -0.1) is 0 Å². The summed E-state index contributed by atoms with van der Waals surface area (Å²) in [4.78, 5) is 40.1. The van der Waals surface area contributed by atoms with E-state index in [4.69, 9.17) is 0 Å². The molecule has 5 rings (SSSR count). The molecule has 3 aromatic carbocycles. The Morgan fingerprint density at radius 2 is 1.60 bits per heavy atom. The Bertz CT molecular complexity index is 1700. The molecule has 9 nitrogen and oxygen atoms in total. The molecule has 0 radical (unpaired) electrons. The van der Waals surface area contributed by atoms with Crippen molar-refractivity contribution in [3.05, 3.63) is 83.3 Å². The number of hydrogen-bond donors (Lipinski definition) is 3. The summed E-state index contributed by atoms with van der Waals surface area (Å²) < 4.78 is 54.1. The van der Waals surface area contributed by atoms with Crippen LogP contribution in [0, 0.1) is 5.82 Å². The van der Waals surface area contributed by atoms with Gasteiger partial charge in [0.05, 0.1) is 23.3 Å². The number of fused-ring (bicyclic) bond motifs is 1. The highest BCUT2D eigenvalue weighted by molar-refractivity contribution is 6.13. The quantitative estimate of drug-likeness (QED) is 0.219. The van der Waals surface area contributed by atoms with Crippen LogP contribution in [0.25, 0.3) is 10.9 Å². The number of benzene rings is 3. The molecule has 1 aliphatic heterocycles. The lowest BCUT2D eigenvalue weighted by Gasteiger charge is -2.30. The van der Waals surface area contributed by atoms with Gasteiger partial charge in [-0.25, -0.2) is 4.39 Å². The Morgan fingerprint density at radius 3 is 2.33 bits per heavy atom. The number of anilines is 3. The first-order valence-corrected chi connectivity index (χ1v) is 13.5. The molecule has 0 spiro atoms. The number of hydrogen-bond acceptors (Lipinski definition) is 5. The fraction of sp³-hybridized carbons (Fsp3) is 0.267. The molecule has 13 heteroatoms. The fourth-order valence-corrected chi connectivity index (χ4v) is 5.14. The van der Waals surface area contributed by atoms with Crippen molar-refractivity contribution in [3.63, 3.8) is 0 Å². The maximum Gasteiger partial charge on any atom is 0.408 e. The van der Waals surface area contributed by atoms with Gasteiger partial charge < -0.3 is 20.6 Å². The monoisotopic (exact) mass is 597 g/mol. The van der Waals surface area contributed by atoms with Gasteiger partial charge in [0.25, 0.3) is 11.8 Å². The SMILES string of the molecule is O=C(O)Cc1cc(F)ccc1NC(=O)c1ccc(N2CCCCC2)c(NC(=O)c2nn(CC(F)(F)F)c3ccccc23)c1. The number of aromatic nitrogens is 2. The number of piperidine rings is 1. The summed E-state index contributed by atoms with van der Waals surface area (Å²) in [7, 11) is 0. The molecule has 0 atom stereocenters. The zero-order valence-corrected chi connectivity index (χ0v) is 22.7. The molecule has 4 aromatic rings. The van der Waals surface area contributed by atoms with E-state index in [9.17, 15) is 37.1 Å². The molecule has 1 aliphatic rings. The van der Waals surface area contributed by atoms with Gasteiger partial charge in [0.1, 0.15) is 12.4 Å². The first-order valence-electron chi connectivity index (χ1n) is 13.5. The maximum atomic E-state index is 13.8. The highest BCUT2D eigenvalue weighted by atomic mass is 19.4. The number of nitrogens with zero attached hydrogens (tertiary/aromatic N) is 3. The Morgan fingerprint density at radius 1 is 0.884 bits per heavy atom. The second-order valence-corrected chi connectivity index (χ2v) is 10.2. The normalized spacial score (nSPS) is 13.6. The van der Waals surface area contributed by atoms with Crippen molar-refractivity contribution < 1.29 is 37.1 Å². The molecular weight excluding hydrogens is 570 g/mol. The number of carboxylic acid groups (broad SMARTS) is 1. The number of alkyl halides is 3. The van der Waals surface area contributed by atoms with E-state index < -0.39 is 42.7 Å². The van der Waals surface area contributed by atoms with Crippen LogP contribution in [0.2, 0.25) is 0 Å². The molecular formula is C30H27F4N5O4. The zero-order chi connectivity index (χ0) is 30.7. The minimum atomic E-state index is -4.56. The highest BCUT2D eigenvalue weighted by Crippen LogP contribution is 2.32. The van der Waals surface area contributed by atoms with Crippen LogP contribution in [0.1, 0.15) is 45.7 Å². The van der Waals surface area contributed by atoms with Crippen LogP contribution in [0.3, 0.4) is 0 Å².